The summed E-state index contributed by atoms with van der Waals surface area (Å²) in [6, 6.07) is 6.12. The number of nitrogens with one attached hydrogen (secondary N) is 4. The highest BCUT2D eigenvalue weighted by atomic mass is 35.5. The second-order valence-corrected chi connectivity index (χ2v) is 10.7. The van der Waals surface area contributed by atoms with Gasteiger partial charge >= 0.3 is 6.09 Å². The number of nitrogens with zero attached hydrogens (tertiary/aromatic N) is 1. The molecular weight excluding hydrogens is 584 g/mol. The highest BCUT2D eigenvalue weighted by molar-refractivity contribution is 6.32. The Labute approximate surface area is 251 Å². The van der Waals surface area contributed by atoms with Crippen LogP contribution in [0.5, 0.6) is 0 Å². The molecule has 0 unspecified atom stereocenters. The number of carbonyl (C=O) groups is 3. The van der Waals surface area contributed by atoms with E-state index in [4.69, 9.17) is 21.1 Å². The molecule has 0 radical (unpaired) electrons. The van der Waals surface area contributed by atoms with Crippen LogP contribution in [-0.2, 0) is 14.3 Å². The minimum atomic E-state index is -0.980. The molecule has 3 aromatic rings. The number of fused-ring (bicyclic) bond motifs is 4. The van der Waals surface area contributed by atoms with Crippen molar-refractivity contribution < 1.29 is 32.6 Å². The lowest BCUT2D eigenvalue weighted by Gasteiger charge is -2.16. The molecule has 4 N–H and O–H groups in total. The maximum atomic E-state index is 14.5. The van der Waals surface area contributed by atoms with Crippen LogP contribution in [0.3, 0.4) is 0 Å². The predicted octanol–water partition coefficient (Wildman–Crippen LogP) is 6.19. The van der Waals surface area contributed by atoms with Gasteiger partial charge in [0.15, 0.2) is 0 Å². The third-order valence-corrected chi connectivity index (χ3v) is 7.30. The van der Waals surface area contributed by atoms with Crippen molar-refractivity contribution in [2.45, 2.75) is 51.2 Å². The molecule has 0 spiro atoms. The monoisotopic (exact) mass is 613 g/mol. The van der Waals surface area contributed by atoms with Gasteiger partial charge in [0.2, 0.25) is 5.91 Å². The summed E-state index contributed by atoms with van der Waals surface area (Å²) in [5, 5.41) is 8.25. The third-order valence-electron chi connectivity index (χ3n) is 7.02. The normalized spacial score (nSPS) is 19.2. The van der Waals surface area contributed by atoms with Crippen molar-refractivity contribution in [2.24, 2.45) is 0 Å². The molecule has 3 amide bonds. The number of amides is 3. The van der Waals surface area contributed by atoms with E-state index in [1.807, 2.05) is 0 Å². The van der Waals surface area contributed by atoms with Crippen molar-refractivity contribution in [3.05, 3.63) is 76.2 Å². The summed E-state index contributed by atoms with van der Waals surface area (Å²) < 4.78 is 39.8. The van der Waals surface area contributed by atoms with E-state index in [-0.39, 0.29) is 48.1 Å². The number of hydrogen-bond donors (Lipinski definition) is 4. The second kappa shape index (κ2) is 13.3. The first-order chi connectivity index (χ1) is 20.7. The molecule has 0 saturated carbocycles. The fraction of sp³-hybridized carbons (Fsp3) is 0.333. The van der Waals surface area contributed by atoms with E-state index in [0.717, 1.165) is 25.0 Å². The molecule has 0 aliphatic carbocycles. The molecule has 5 rings (SSSR count). The standard InChI is InChI=1S/C30H30ClF2N5O5/c1-16-12-20(32)25(21(33)13-16)29(40)36-22-7-3-2-4-8-24(39)35-23-14-17(34-30(41)43-15-18-6-5-11-42-18)9-10-19(23)26-27(31)38-28(22)37-26/h2-3,9-10,12-14,18,22H,4-8,11,15H2,1H3,(H,34,41)(H,35,39)(H,36,40)(H,37,38)/b3-2+/t18-,22+/m1/s1. The summed E-state index contributed by atoms with van der Waals surface area (Å²) in [7, 11) is 0. The number of anilines is 2. The van der Waals surface area contributed by atoms with Crippen LogP contribution < -0.4 is 16.0 Å². The Hall–Kier alpha value is -4.29. The summed E-state index contributed by atoms with van der Waals surface area (Å²) in [5.74, 6) is -2.96. The van der Waals surface area contributed by atoms with Gasteiger partial charge in [0, 0.05) is 24.3 Å². The van der Waals surface area contributed by atoms with E-state index < -0.39 is 35.2 Å². The summed E-state index contributed by atoms with van der Waals surface area (Å²) in [5.41, 5.74) is 1.02. The molecule has 1 aromatic heterocycles. The molecule has 2 aromatic carbocycles. The number of aryl methyl sites for hydroxylation is 1. The summed E-state index contributed by atoms with van der Waals surface area (Å²) >= 11 is 6.55. The largest absolute Gasteiger partial charge is 0.447 e. The van der Waals surface area contributed by atoms with E-state index in [1.165, 1.54) is 6.92 Å². The number of aromatic amines is 1. The van der Waals surface area contributed by atoms with Crippen LogP contribution in [0.4, 0.5) is 25.0 Å². The van der Waals surface area contributed by atoms with Gasteiger partial charge in [-0.3, -0.25) is 14.9 Å². The van der Waals surface area contributed by atoms with Crippen molar-refractivity contribution in [1.82, 2.24) is 15.3 Å². The van der Waals surface area contributed by atoms with Crippen molar-refractivity contribution in [2.75, 3.05) is 23.8 Å². The molecule has 13 heteroatoms. The molecule has 43 heavy (non-hydrogen) atoms. The Morgan fingerprint density at radius 2 is 1.98 bits per heavy atom. The highest BCUT2D eigenvalue weighted by Crippen LogP contribution is 2.36. The van der Waals surface area contributed by atoms with Crippen LogP contribution in [0.25, 0.3) is 11.3 Å². The zero-order valence-electron chi connectivity index (χ0n) is 23.3. The Morgan fingerprint density at radius 1 is 1.19 bits per heavy atom. The Bertz CT molecular complexity index is 1550. The SMILES string of the molecule is Cc1cc(F)c(C(=O)N[C@H]2C/C=C/CCC(=O)Nc3cc(NC(=O)OC[C@H]4CCCO4)ccc3-c3nc2[nH]c3Cl)c(F)c1. The number of imidazole rings is 1. The number of H-pyrrole nitrogens is 1. The zero-order valence-corrected chi connectivity index (χ0v) is 24.0. The quantitative estimate of drug-likeness (QED) is 0.253. The lowest BCUT2D eigenvalue weighted by molar-refractivity contribution is -0.116. The van der Waals surface area contributed by atoms with Gasteiger partial charge in [-0.25, -0.2) is 18.6 Å². The number of carbonyl (C=O) groups excluding carboxylic acids is 3. The predicted molar refractivity (Wildman–Crippen MR) is 156 cm³/mol. The molecule has 3 heterocycles. The van der Waals surface area contributed by atoms with E-state index in [9.17, 15) is 23.2 Å². The fourth-order valence-electron chi connectivity index (χ4n) is 4.91. The fourth-order valence-corrected chi connectivity index (χ4v) is 5.15. The maximum Gasteiger partial charge on any atom is 0.411 e. The lowest BCUT2D eigenvalue weighted by atomic mass is 10.1. The summed E-state index contributed by atoms with van der Waals surface area (Å²) in [4.78, 5) is 45.7. The zero-order chi connectivity index (χ0) is 30.5. The number of rotatable bonds is 5. The van der Waals surface area contributed by atoms with E-state index in [1.54, 1.807) is 30.4 Å². The second-order valence-electron chi connectivity index (χ2n) is 10.3. The number of halogens is 3. The van der Waals surface area contributed by atoms with Crippen molar-refractivity contribution in [3.63, 3.8) is 0 Å². The molecule has 1 fully saturated rings. The number of allylic oxidation sites excluding steroid dienone is 1. The third kappa shape index (κ3) is 7.38. The minimum absolute atomic E-state index is 0.107. The Kier molecular flexibility index (Phi) is 9.37. The molecule has 10 nitrogen and oxygen atoms in total. The van der Waals surface area contributed by atoms with Gasteiger partial charge in [0.1, 0.15) is 40.5 Å². The van der Waals surface area contributed by atoms with Crippen molar-refractivity contribution >= 4 is 40.9 Å². The van der Waals surface area contributed by atoms with Gasteiger partial charge in [0.05, 0.1) is 17.8 Å². The molecule has 2 aliphatic rings. The molecule has 2 bridgehead atoms. The number of hydrogen-bond acceptors (Lipinski definition) is 6. The van der Waals surface area contributed by atoms with Gasteiger partial charge in [-0.15, -0.1) is 0 Å². The average molecular weight is 614 g/mol. The first kappa shape index (κ1) is 30.2. The van der Waals surface area contributed by atoms with E-state index >= 15 is 0 Å². The first-order valence-electron chi connectivity index (χ1n) is 13.8. The lowest BCUT2D eigenvalue weighted by Crippen LogP contribution is -2.30. The topological polar surface area (TPSA) is 134 Å². The molecular formula is C30H30ClF2N5O5. The van der Waals surface area contributed by atoms with Crippen LogP contribution in [0.15, 0.2) is 42.5 Å². The van der Waals surface area contributed by atoms with Crippen molar-refractivity contribution in [3.8, 4) is 11.3 Å². The van der Waals surface area contributed by atoms with Gasteiger partial charge < -0.3 is 25.1 Å². The van der Waals surface area contributed by atoms with E-state index in [2.05, 4.69) is 25.9 Å². The first-order valence-corrected chi connectivity index (χ1v) is 14.2. The van der Waals surface area contributed by atoms with Gasteiger partial charge in [-0.2, -0.15) is 0 Å². The van der Waals surface area contributed by atoms with Crippen LogP contribution in [0.1, 0.15) is 59.9 Å². The van der Waals surface area contributed by atoms with Crippen LogP contribution in [-0.4, -0.2) is 47.2 Å². The number of ether oxygens (including phenoxy) is 2. The average Bonchev–Trinajstić information content (AvgIpc) is 3.60. The van der Waals surface area contributed by atoms with Gasteiger partial charge in [0.25, 0.3) is 5.91 Å². The number of benzene rings is 2. The van der Waals surface area contributed by atoms with Gasteiger partial charge in [-0.05, 0) is 68.5 Å². The molecule has 2 aliphatic heterocycles. The van der Waals surface area contributed by atoms with Crippen LogP contribution in [0.2, 0.25) is 5.15 Å². The van der Waals surface area contributed by atoms with Crippen LogP contribution >= 0.6 is 11.6 Å². The van der Waals surface area contributed by atoms with E-state index in [0.29, 0.717) is 35.5 Å². The minimum Gasteiger partial charge on any atom is -0.447 e. The summed E-state index contributed by atoms with van der Waals surface area (Å²) in [6.07, 6.45) is 5.19. The maximum absolute atomic E-state index is 14.5. The van der Waals surface area contributed by atoms with Crippen LogP contribution in [0, 0.1) is 18.6 Å². The smallest absolute Gasteiger partial charge is 0.411 e. The summed E-state index contributed by atoms with van der Waals surface area (Å²) in [6.45, 7) is 2.30. The Morgan fingerprint density at radius 3 is 2.72 bits per heavy atom. The highest BCUT2D eigenvalue weighted by Gasteiger charge is 2.26. The van der Waals surface area contributed by atoms with Gasteiger partial charge in [-0.1, -0.05) is 23.8 Å². The van der Waals surface area contributed by atoms with Crippen molar-refractivity contribution in [1.29, 1.82) is 0 Å². The molecule has 1 saturated heterocycles. The Balaban J connectivity index is 1.42. The number of aromatic nitrogens is 2. The molecule has 2 atom stereocenters. The molecule has 226 valence electrons.